The molecule has 3 rings (SSSR count). The SMILES string of the molecule is C[C@H](C(=O)N[C@H]1CCCC[C@@H]1C)[NH+]1CC[NH+](CC(=O)Nc2ccc(F)cc2)CC1. The molecule has 3 atom stereocenters. The predicted octanol–water partition coefficient (Wildman–Crippen LogP) is -0.369. The van der Waals surface area contributed by atoms with E-state index >= 15 is 0 Å². The van der Waals surface area contributed by atoms with Gasteiger partial charge in [-0.25, -0.2) is 4.39 Å². The third kappa shape index (κ3) is 6.24. The van der Waals surface area contributed by atoms with E-state index in [0.717, 1.165) is 32.6 Å². The minimum atomic E-state index is -0.316. The number of halogens is 1. The Morgan fingerprint density at radius 3 is 2.41 bits per heavy atom. The van der Waals surface area contributed by atoms with Crippen LogP contribution in [0, 0.1) is 11.7 Å². The minimum Gasteiger partial charge on any atom is -0.348 e. The molecule has 7 heteroatoms. The van der Waals surface area contributed by atoms with E-state index in [-0.39, 0.29) is 23.7 Å². The lowest BCUT2D eigenvalue weighted by atomic mass is 9.86. The van der Waals surface area contributed by atoms with Crippen molar-refractivity contribution in [3.05, 3.63) is 30.1 Å². The van der Waals surface area contributed by atoms with Crippen molar-refractivity contribution < 1.29 is 23.8 Å². The molecule has 1 aliphatic carbocycles. The summed E-state index contributed by atoms with van der Waals surface area (Å²) < 4.78 is 13.0. The molecule has 0 unspecified atom stereocenters. The van der Waals surface area contributed by atoms with Gasteiger partial charge < -0.3 is 20.4 Å². The average molecular weight is 407 g/mol. The Morgan fingerprint density at radius 1 is 1.10 bits per heavy atom. The van der Waals surface area contributed by atoms with E-state index < -0.39 is 0 Å². The van der Waals surface area contributed by atoms with Crippen LogP contribution in [0.4, 0.5) is 10.1 Å². The molecule has 2 aliphatic rings. The highest BCUT2D eigenvalue weighted by molar-refractivity contribution is 5.91. The molecule has 0 bridgehead atoms. The Bertz CT molecular complexity index is 689. The van der Waals surface area contributed by atoms with E-state index in [4.69, 9.17) is 0 Å². The first kappa shape index (κ1) is 21.7. The van der Waals surface area contributed by atoms with Gasteiger partial charge in [-0.3, -0.25) is 9.59 Å². The van der Waals surface area contributed by atoms with Crippen molar-refractivity contribution in [3.8, 4) is 0 Å². The standard InChI is InChI=1S/C22H33FN4O2/c1-16-5-3-4-6-20(16)25-22(29)17(2)27-13-11-26(12-14-27)15-21(28)24-19-9-7-18(23)8-10-19/h7-10,16-17,20H,3-6,11-15H2,1-2H3,(H,24,28)(H,25,29)/p+2/t16-,17+,20-/m0/s1. The highest BCUT2D eigenvalue weighted by Gasteiger charge is 2.33. The zero-order valence-electron chi connectivity index (χ0n) is 17.6. The van der Waals surface area contributed by atoms with Crippen molar-refractivity contribution in [2.24, 2.45) is 5.92 Å². The molecule has 2 amide bonds. The van der Waals surface area contributed by atoms with Crippen LogP contribution in [0.3, 0.4) is 0 Å². The van der Waals surface area contributed by atoms with Gasteiger partial charge in [0.15, 0.2) is 12.6 Å². The summed E-state index contributed by atoms with van der Waals surface area (Å²) in [4.78, 5) is 27.5. The fraction of sp³-hybridized carbons (Fsp3) is 0.636. The van der Waals surface area contributed by atoms with Crippen LogP contribution in [0.1, 0.15) is 39.5 Å². The fourth-order valence-electron chi connectivity index (χ4n) is 4.52. The molecule has 1 aliphatic heterocycles. The maximum absolute atomic E-state index is 13.0. The number of piperazine rings is 1. The highest BCUT2D eigenvalue weighted by atomic mass is 19.1. The second-order valence-electron chi connectivity index (χ2n) is 8.74. The number of benzene rings is 1. The number of quaternary nitrogens is 2. The van der Waals surface area contributed by atoms with Crippen LogP contribution in [0.15, 0.2) is 24.3 Å². The summed E-state index contributed by atoms with van der Waals surface area (Å²) in [5.41, 5.74) is 0.613. The first-order valence-corrected chi connectivity index (χ1v) is 11.0. The Balaban J connectivity index is 1.40. The summed E-state index contributed by atoms with van der Waals surface area (Å²) in [6, 6.07) is 6.07. The van der Waals surface area contributed by atoms with Crippen LogP contribution in [-0.4, -0.2) is 56.6 Å². The molecule has 160 valence electrons. The largest absolute Gasteiger partial charge is 0.348 e. The lowest BCUT2D eigenvalue weighted by Gasteiger charge is -2.34. The molecule has 29 heavy (non-hydrogen) atoms. The van der Waals surface area contributed by atoms with E-state index in [1.54, 1.807) is 12.1 Å². The molecular weight excluding hydrogens is 371 g/mol. The van der Waals surface area contributed by atoms with Crippen LogP contribution in [0.25, 0.3) is 0 Å². The molecule has 0 spiro atoms. The molecule has 0 aromatic heterocycles. The van der Waals surface area contributed by atoms with E-state index in [0.29, 0.717) is 24.2 Å². The van der Waals surface area contributed by atoms with Crippen molar-refractivity contribution >= 4 is 17.5 Å². The van der Waals surface area contributed by atoms with Crippen LogP contribution in [-0.2, 0) is 9.59 Å². The van der Waals surface area contributed by atoms with Gasteiger partial charge in [0.05, 0.1) is 0 Å². The fourth-order valence-corrected chi connectivity index (χ4v) is 4.52. The van der Waals surface area contributed by atoms with Crippen LogP contribution >= 0.6 is 0 Å². The Hall–Kier alpha value is -1.99. The molecule has 1 aromatic carbocycles. The quantitative estimate of drug-likeness (QED) is 0.521. The highest BCUT2D eigenvalue weighted by Crippen LogP contribution is 2.23. The lowest BCUT2D eigenvalue weighted by Crippen LogP contribution is -3.30. The number of amides is 2. The predicted molar refractivity (Wildman–Crippen MR) is 110 cm³/mol. The van der Waals surface area contributed by atoms with Crippen molar-refractivity contribution in [2.45, 2.75) is 51.6 Å². The first-order chi connectivity index (χ1) is 13.9. The number of hydrogen-bond donors (Lipinski definition) is 4. The van der Waals surface area contributed by atoms with Gasteiger partial charge in [0.1, 0.15) is 32.0 Å². The molecule has 2 fully saturated rings. The van der Waals surface area contributed by atoms with Crippen LogP contribution in [0.2, 0.25) is 0 Å². The number of anilines is 1. The minimum absolute atomic E-state index is 0.0567. The Labute approximate surface area is 172 Å². The topological polar surface area (TPSA) is 67.1 Å². The van der Waals surface area contributed by atoms with Gasteiger partial charge in [0, 0.05) is 11.7 Å². The molecule has 6 nitrogen and oxygen atoms in total. The number of carbonyl (C=O) groups excluding carboxylic acids is 2. The smallest absolute Gasteiger partial charge is 0.279 e. The number of rotatable bonds is 6. The third-order valence-corrected chi connectivity index (χ3v) is 6.58. The maximum Gasteiger partial charge on any atom is 0.279 e. The molecule has 4 N–H and O–H groups in total. The van der Waals surface area contributed by atoms with E-state index in [1.165, 1.54) is 41.2 Å². The van der Waals surface area contributed by atoms with Gasteiger partial charge in [0.2, 0.25) is 0 Å². The monoisotopic (exact) mass is 406 g/mol. The van der Waals surface area contributed by atoms with Gasteiger partial charge in [0.25, 0.3) is 11.8 Å². The number of nitrogens with one attached hydrogen (secondary N) is 4. The molecular formula is C22H35FN4O2+2. The van der Waals surface area contributed by atoms with Crippen LogP contribution in [0.5, 0.6) is 0 Å². The number of carbonyl (C=O) groups is 2. The second kappa shape index (κ2) is 10.2. The molecule has 1 saturated carbocycles. The zero-order chi connectivity index (χ0) is 20.8. The summed E-state index contributed by atoms with van der Waals surface area (Å²) in [6.07, 6.45) is 4.77. The average Bonchev–Trinajstić information content (AvgIpc) is 2.71. The Kier molecular flexibility index (Phi) is 7.61. The van der Waals surface area contributed by atoms with Crippen molar-refractivity contribution in [3.63, 3.8) is 0 Å². The molecule has 1 saturated heterocycles. The molecule has 1 aromatic rings. The van der Waals surface area contributed by atoms with Crippen LogP contribution < -0.4 is 20.4 Å². The van der Waals surface area contributed by atoms with Crippen molar-refractivity contribution in [1.82, 2.24) is 5.32 Å². The maximum atomic E-state index is 13.0. The molecule has 0 radical (unpaired) electrons. The lowest BCUT2D eigenvalue weighted by molar-refractivity contribution is -1.01. The number of hydrogen-bond acceptors (Lipinski definition) is 2. The summed E-state index contributed by atoms with van der Waals surface area (Å²) in [6.45, 7) is 8.14. The normalized spacial score (nSPS) is 28.4. The van der Waals surface area contributed by atoms with Gasteiger partial charge in [-0.15, -0.1) is 0 Å². The van der Waals surface area contributed by atoms with E-state index in [9.17, 15) is 14.0 Å². The van der Waals surface area contributed by atoms with Gasteiger partial charge >= 0.3 is 0 Å². The summed E-state index contributed by atoms with van der Waals surface area (Å²) in [5.74, 6) is 0.350. The molecule has 1 heterocycles. The first-order valence-electron chi connectivity index (χ1n) is 11.0. The second-order valence-corrected chi connectivity index (χ2v) is 8.74. The van der Waals surface area contributed by atoms with Crippen molar-refractivity contribution in [2.75, 3.05) is 38.0 Å². The summed E-state index contributed by atoms with van der Waals surface area (Å²) in [5, 5.41) is 6.10. The summed E-state index contributed by atoms with van der Waals surface area (Å²) in [7, 11) is 0. The summed E-state index contributed by atoms with van der Waals surface area (Å²) >= 11 is 0. The third-order valence-electron chi connectivity index (χ3n) is 6.58. The Morgan fingerprint density at radius 2 is 1.76 bits per heavy atom. The van der Waals surface area contributed by atoms with Gasteiger partial charge in [-0.1, -0.05) is 19.8 Å². The van der Waals surface area contributed by atoms with Gasteiger partial charge in [-0.2, -0.15) is 0 Å². The van der Waals surface area contributed by atoms with Gasteiger partial charge in [-0.05, 0) is 49.9 Å². The zero-order valence-corrected chi connectivity index (χ0v) is 17.6. The van der Waals surface area contributed by atoms with E-state index in [1.807, 2.05) is 6.92 Å². The van der Waals surface area contributed by atoms with Crippen molar-refractivity contribution in [1.29, 1.82) is 0 Å². The van der Waals surface area contributed by atoms with E-state index in [2.05, 4.69) is 17.6 Å².